The van der Waals surface area contributed by atoms with Crippen molar-refractivity contribution >= 4 is 11.8 Å². The zero-order valence-electron chi connectivity index (χ0n) is 7.39. The van der Waals surface area contributed by atoms with Gasteiger partial charge in [-0.15, -0.1) is 0 Å². The standard InChI is InChI=1S/C8H14N2O2/c1-4-7(12)10-8(2,3)5-6(9)11/h4H,1,5H2,2-3H3,(H2,9,11)(H,10,12). The summed E-state index contributed by atoms with van der Waals surface area (Å²) in [5, 5.41) is 2.58. The molecule has 0 rings (SSSR count). The second-order valence-electron chi connectivity index (χ2n) is 3.22. The van der Waals surface area contributed by atoms with Gasteiger partial charge in [-0.3, -0.25) is 9.59 Å². The van der Waals surface area contributed by atoms with Crippen molar-refractivity contribution in [3.63, 3.8) is 0 Å². The Morgan fingerprint density at radius 2 is 2.08 bits per heavy atom. The molecule has 0 heterocycles. The average Bonchev–Trinajstić information content (AvgIpc) is 1.83. The highest BCUT2D eigenvalue weighted by atomic mass is 16.2. The Bertz CT molecular complexity index is 209. The Hall–Kier alpha value is -1.32. The van der Waals surface area contributed by atoms with Crippen molar-refractivity contribution in [2.24, 2.45) is 5.73 Å². The summed E-state index contributed by atoms with van der Waals surface area (Å²) in [6, 6.07) is 0. The van der Waals surface area contributed by atoms with Crippen LogP contribution in [0.4, 0.5) is 0 Å². The summed E-state index contributed by atoms with van der Waals surface area (Å²) in [4.78, 5) is 21.4. The van der Waals surface area contributed by atoms with Crippen molar-refractivity contribution in [1.82, 2.24) is 5.32 Å². The molecule has 0 fully saturated rings. The molecular formula is C8H14N2O2. The molecule has 0 saturated carbocycles. The second-order valence-corrected chi connectivity index (χ2v) is 3.22. The van der Waals surface area contributed by atoms with Crippen LogP contribution in [0.5, 0.6) is 0 Å². The lowest BCUT2D eigenvalue weighted by atomic mass is 10.0. The van der Waals surface area contributed by atoms with Crippen LogP contribution in [0, 0.1) is 0 Å². The van der Waals surface area contributed by atoms with Crippen LogP contribution in [-0.4, -0.2) is 17.4 Å². The van der Waals surface area contributed by atoms with Crippen molar-refractivity contribution in [3.05, 3.63) is 12.7 Å². The highest BCUT2D eigenvalue weighted by molar-refractivity contribution is 5.88. The topological polar surface area (TPSA) is 72.2 Å². The molecule has 68 valence electrons. The first-order chi connectivity index (χ1) is 5.37. The van der Waals surface area contributed by atoms with Gasteiger partial charge < -0.3 is 11.1 Å². The summed E-state index contributed by atoms with van der Waals surface area (Å²) >= 11 is 0. The number of primary amides is 1. The lowest BCUT2D eigenvalue weighted by Gasteiger charge is -2.23. The fourth-order valence-corrected chi connectivity index (χ4v) is 0.864. The predicted octanol–water partition coefficient (Wildman–Crippen LogP) is -0.0574. The first-order valence-corrected chi connectivity index (χ1v) is 3.60. The van der Waals surface area contributed by atoms with E-state index >= 15 is 0 Å². The minimum Gasteiger partial charge on any atom is -0.370 e. The fraction of sp³-hybridized carbons (Fsp3) is 0.500. The maximum absolute atomic E-state index is 10.8. The Morgan fingerprint density at radius 1 is 1.58 bits per heavy atom. The molecule has 0 aliphatic heterocycles. The third kappa shape index (κ3) is 4.49. The van der Waals surface area contributed by atoms with E-state index in [4.69, 9.17) is 5.73 Å². The molecule has 0 aromatic heterocycles. The lowest BCUT2D eigenvalue weighted by Crippen LogP contribution is -2.45. The van der Waals surface area contributed by atoms with E-state index in [0.29, 0.717) is 0 Å². The van der Waals surface area contributed by atoms with Gasteiger partial charge in [-0.05, 0) is 19.9 Å². The molecule has 4 heteroatoms. The van der Waals surface area contributed by atoms with E-state index < -0.39 is 11.4 Å². The van der Waals surface area contributed by atoms with Crippen molar-refractivity contribution in [2.45, 2.75) is 25.8 Å². The third-order valence-electron chi connectivity index (χ3n) is 1.26. The first kappa shape index (κ1) is 10.7. The SMILES string of the molecule is C=CC(=O)NC(C)(C)CC(N)=O. The van der Waals surface area contributed by atoms with E-state index in [1.54, 1.807) is 13.8 Å². The van der Waals surface area contributed by atoms with Crippen molar-refractivity contribution in [2.75, 3.05) is 0 Å². The number of hydrogen-bond acceptors (Lipinski definition) is 2. The minimum atomic E-state index is -0.600. The summed E-state index contributed by atoms with van der Waals surface area (Å²) in [5.41, 5.74) is 4.38. The van der Waals surface area contributed by atoms with E-state index in [2.05, 4.69) is 11.9 Å². The maximum atomic E-state index is 10.8. The number of carbonyl (C=O) groups is 2. The quantitative estimate of drug-likeness (QED) is 0.580. The minimum absolute atomic E-state index is 0.118. The molecule has 2 amide bonds. The van der Waals surface area contributed by atoms with E-state index in [0.717, 1.165) is 6.08 Å². The van der Waals surface area contributed by atoms with Crippen molar-refractivity contribution < 1.29 is 9.59 Å². The zero-order chi connectivity index (χ0) is 9.78. The summed E-state index contributed by atoms with van der Waals surface area (Å²) in [6.07, 6.45) is 1.27. The smallest absolute Gasteiger partial charge is 0.243 e. The van der Waals surface area contributed by atoms with Gasteiger partial charge in [0, 0.05) is 12.0 Å². The zero-order valence-corrected chi connectivity index (χ0v) is 7.39. The monoisotopic (exact) mass is 170 g/mol. The number of carbonyl (C=O) groups excluding carboxylic acids is 2. The molecular weight excluding hydrogens is 156 g/mol. The van der Waals surface area contributed by atoms with Crippen molar-refractivity contribution in [3.8, 4) is 0 Å². The molecule has 12 heavy (non-hydrogen) atoms. The van der Waals surface area contributed by atoms with E-state index in [-0.39, 0.29) is 12.3 Å². The first-order valence-electron chi connectivity index (χ1n) is 3.60. The second kappa shape index (κ2) is 3.90. The van der Waals surface area contributed by atoms with Crippen LogP contribution in [0.1, 0.15) is 20.3 Å². The van der Waals surface area contributed by atoms with Gasteiger partial charge in [0.1, 0.15) is 0 Å². The normalized spacial score (nSPS) is 10.5. The van der Waals surface area contributed by atoms with Crippen LogP contribution in [-0.2, 0) is 9.59 Å². The summed E-state index contributed by atoms with van der Waals surface area (Å²) in [5.74, 6) is -0.745. The Balaban J connectivity index is 4.11. The summed E-state index contributed by atoms with van der Waals surface area (Å²) < 4.78 is 0. The van der Waals surface area contributed by atoms with Gasteiger partial charge in [-0.1, -0.05) is 6.58 Å². The van der Waals surface area contributed by atoms with Gasteiger partial charge >= 0.3 is 0 Å². The molecule has 0 bridgehead atoms. The van der Waals surface area contributed by atoms with Crippen LogP contribution in [0.25, 0.3) is 0 Å². The largest absolute Gasteiger partial charge is 0.370 e. The van der Waals surface area contributed by atoms with Gasteiger partial charge in [-0.2, -0.15) is 0 Å². The van der Waals surface area contributed by atoms with Gasteiger partial charge in [0.05, 0.1) is 0 Å². The molecule has 0 aromatic rings. The molecule has 0 saturated heterocycles. The number of amides is 2. The molecule has 0 aliphatic rings. The number of rotatable bonds is 4. The van der Waals surface area contributed by atoms with Gasteiger partial charge in [-0.25, -0.2) is 0 Å². The van der Waals surface area contributed by atoms with Crippen LogP contribution in [0.2, 0.25) is 0 Å². The van der Waals surface area contributed by atoms with Crippen LogP contribution in [0.15, 0.2) is 12.7 Å². The van der Waals surface area contributed by atoms with Crippen LogP contribution in [0.3, 0.4) is 0 Å². The molecule has 0 aromatic carbocycles. The highest BCUT2D eigenvalue weighted by Gasteiger charge is 2.21. The summed E-state index contributed by atoms with van der Waals surface area (Å²) in [6.45, 7) is 6.74. The average molecular weight is 170 g/mol. The number of nitrogens with two attached hydrogens (primary N) is 1. The maximum Gasteiger partial charge on any atom is 0.243 e. The predicted molar refractivity (Wildman–Crippen MR) is 46.2 cm³/mol. The fourth-order valence-electron chi connectivity index (χ4n) is 0.864. The lowest BCUT2D eigenvalue weighted by molar-refractivity contribution is -0.121. The highest BCUT2D eigenvalue weighted by Crippen LogP contribution is 2.06. The number of hydrogen-bond donors (Lipinski definition) is 2. The van der Waals surface area contributed by atoms with Crippen molar-refractivity contribution in [1.29, 1.82) is 0 Å². The van der Waals surface area contributed by atoms with Crippen LogP contribution < -0.4 is 11.1 Å². The molecule has 0 unspecified atom stereocenters. The van der Waals surface area contributed by atoms with Gasteiger partial charge in [0.15, 0.2) is 0 Å². The molecule has 4 nitrogen and oxygen atoms in total. The third-order valence-corrected chi connectivity index (χ3v) is 1.26. The molecule has 3 N–H and O–H groups in total. The number of nitrogens with one attached hydrogen (secondary N) is 1. The van der Waals surface area contributed by atoms with Gasteiger partial charge in [0.2, 0.25) is 11.8 Å². The Labute approximate surface area is 71.8 Å². The molecule has 0 radical (unpaired) electrons. The van der Waals surface area contributed by atoms with E-state index in [1.165, 1.54) is 0 Å². The Kier molecular flexibility index (Phi) is 3.47. The molecule has 0 aliphatic carbocycles. The molecule has 0 spiro atoms. The summed E-state index contributed by atoms with van der Waals surface area (Å²) in [7, 11) is 0. The van der Waals surface area contributed by atoms with E-state index in [9.17, 15) is 9.59 Å². The molecule has 0 atom stereocenters. The van der Waals surface area contributed by atoms with Gasteiger partial charge in [0.25, 0.3) is 0 Å². The Morgan fingerprint density at radius 3 is 2.42 bits per heavy atom. The van der Waals surface area contributed by atoms with Crippen LogP contribution >= 0.6 is 0 Å². The van der Waals surface area contributed by atoms with E-state index in [1.807, 2.05) is 0 Å².